The minimum Gasteiger partial charge on any atom is -0.474 e. The van der Waals surface area contributed by atoms with Crippen molar-refractivity contribution in [3.8, 4) is 0 Å². The van der Waals surface area contributed by atoms with E-state index in [0.717, 1.165) is 0 Å². The number of aliphatic carboxylic acids is 1. The van der Waals surface area contributed by atoms with Crippen LogP contribution in [0.4, 0.5) is 0 Å². The van der Waals surface area contributed by atoms with Gasteiger partial charge in [-0.25, -0.2) is 4.79 Å². The highest BCUT2D eigenvalue weighted by Crippen LogP contribution is 1.62. The van der Waals surface area contributed by atoms with E-state index in [9.17, 15) is 9.59 Å². The number of nitrogens with one attached hydrogen (secondary N) is 1. The third kappa shape index (κ3) is 2.17. The number of amides is 1. The molecular formula is C4H7NO3. The number of likely N-dealkylation sites (N-methyl/N-ethyl adjacent to an activating group) is 1. The largest absolute Gasteiger partial charge is 0.474 e. The molecule has 0 saturated heterocycles. The van der Waals surface area contributed by atoms with Gasteiger partial charge in [0.25, 0.3) is 0 Å². The van der Waals surface area contributed by atoms with E-state index in [4.69, 9.17) is 12.0 Å². The molecule has 0 rings (SSSR count). The standard InChI is InChI=1S/C4H7NO3/c1-2-5-3(6)4(7)8/h2H2,1H3,(H,5,6)(H,7,8)/i1D3,2D2. The normalized spacial score (nSPS) is 20.8. The quantitative estimate of drug-likeness (QED) is 0.448. The fraction of sp³-hybridized carbons (Fsp3) is 0.500. The van der Waals surface area contributed by atoms with Gasteiger partial charge >= 0.3 is 11.9 Å². The van der Waals surface area contributed by atoms with Crippen LogP contribution in [0.15, 0.2) is 0 Å². The first-order chi connectivity index (χ1) is 5.58. The van der Waals surface area contributed by atoms with E-state index in [0.29, 0.717) is 0 Å². The summed E-state index contributed by atoms with van der Waals surface area (Å²) in [6.07, 6.45) is 0. The second-order valence-corrected chi connectivity index (χ2v) is 0.884. The van der Waals surface area contributed by atoms with Crippen LogP contribution in [0.3, 0.4) is 0 Å². The lowest BCUT2D eigenvalue weighted by Crippen LogP contribution is -2.30. The maximum atomic E-state index is 10.4. The number of carbonyl (C=O) groups excluding carboxylic acids is 1. The molecule has 0 aromatic rings. The molecule has 2 N–H and O–H groups in total. The van der Waals surface area contributed by atoms with Crippen LogP contribution >= 0.6 is 0 Å². The Bertz CT molecular complexity index is 234. The molecule has 4 heteroatoms. The highest BCUT2D eigenvalue weighted by atomic mass is 16.4. The zero-order valence-electron chi connectivity index (χ0n) is 8.76. The number of rotatable bonds is 1. The van der Waals surface area contributed by atoms with Crippen molar-refractivity contribution in [3.63, 3.8) is 0 Å². The molecule has 46 valence electrons. The second-order valence-electron chi connectivity index (χ2n) is 0.884. The minimum absolute atomic E-state index is 1.23. The summed E-state index contributed by atoms with van der Waals surface area (Å²) in [6, 6.07) is 0. The first-order valence-corrected chi connectivity index (χ1v) is 1.63. The van der Waals surface area contributed by atoms with Crippen LogP contribution in [0.1, 0.15) is 13.7 Å². The van der Waals surface area contributed by atoms with E-state index in [2.05, 4.69) is 0 Å². The van der Waals surface area contributed by atoms with Gasteiger partial charge < -0.3 is 10.4 Å². The lowest BCUT2D eigenvalue weighted by molar-refractivity contribution is -0.150. The number of carbonyl (C=O) groups is 2. The zero-order valence-corrected chi connectivity index (χ0v) is 3.76. The van der Waals surface area contributed by atoms with Crippen LogP contribution in [-0.4, -0.2) is 23.5 Å². The van der Waals surface area contributed by atoms with Crippen LogP contribution in [0.25, 0.3) is 0 Å². The number of carboxylic acid groups (broad SMARTS) is 1. The van der Waals surface area contributed by atoms with Crippen molar-refractivity contribution in [2.45, 2.75) is 6.85 Å². The van der Waals surface area contributed by atoms with Crippen molar-refractivity contribution in [1.29, 1.82) is 0 Å². The lowest BCUT2D eigenvalue weighted by Gasteiger charge is -1.91. The van der Waals surface area contributed by atoms with Crippen molar-refractivity contribution in [2.24, 2.45) is 0 Å². The third-order valence-electron chi connectivity index (χ3n) is 0.370. The van der Waals surface area contributed by atoms with Crippen LogP contribution in [-0.2, 0) is 9.59 Å². The molecule has 0 atom stereocenters. The summed E-state index contributed by atoms with van der Waals surface area (Å²) in [5.41, 5.74) is 0. The van der Waals surface area contributed by atoms with E-state index in [1.54, 1.807) is 0 Å². The van der Waals surface area contributed by atoms with Gasteiger partial charge in [-0.15, -0.1) is 0 Å². The molecule has 0 aliphatic rings. The maximum absolute atomic E-state index is 10.4. The molecule has 0 unspecified atom stereocenters. The van der Waals surface area contributed by atoms with Crippen LogP contribution in [0, 0.1) is 0 Å². The fourth-order valence-corrected chi connectivity index (χ4v) is 0.110. The van der Waals surface area contributed by atoms with Crippen molar-refractivity contribution in [3.05, 3.63) is 0 Å². The van der Waals surface area contributed by atoms with Gasteiger partial charge in [-0.2, -0.15) is 0 Å². The fourth-order valence-electron chi connectivity index (χ4n) is 0.110. The van der Waals surface area contributed by atoms with Crippen molar-refractivity contribution < 1.29 is 21.5 Å². The van der Waals surface area contributed by atoms with E-state index in [-0.39, 0.29) is 0 Å². The van der Waals surface area contributed by atoms with Gasteiger partial charge in [0.05, 0.1) is 0 Å². The highest BCUT2D eigenvalue weighted by molar-refractivity contribution is 6.31. The molecule has 4 nitrogen and oxygen atoms in total. The summed E-state index contributed by atoms with van der Waals surface area (Å²) in [6.45, 7) is -6.14. The van der Waals surface area contributed by atoms with Crippen molar-refractivity contribution in [2.75, 3.05) is 6.50 Å². The highest BCUT2D eigenvalue weighted by Gasteiger charge is 2.06. The van der Waals surface area contributed by atoms with Crippen LogP contribution in [0.2, 0.25) is 0 Å². The first kappa shape index (κ1) is 2.05. The molecule has 0 heterocycles. The Hall–Kier alpha value is -1.06. The summed E-state index contributed by atoms with van der Waals surface area (Å²) >= 11 is 0. The van der Waals surface area contributed by atoms with Crippen molar-refractivity contribution >= 4 is 11.9 Å². The summed E-state index contributed by atoms with van der Waals surface area (Å²) < 4.78 is 33.5. The Morgan fingerprint density at radius 3 is 3.00 bits per heavy atom. The summed E-state index contributed by atoms with van der Waals surface area (Å²) in [5, 5.41) is 9.28. The third-order valence-corrected chi connectivity index (χ3v) is 0.370. The summed E-state index contributed by atoms with van der Waals surface area (Å²) in [4.78, 5) is 20.3. The molecule has 0 fully saturated rings. The zero-order chi connectivity index (χ0) is 10.9. The van der Waals surface area contributed by atoms with Gasteiger partial charge in [0.15, 0.2) is 0 Å². The molecule has 0 aliphatic carbocycles. The van der Waals surface area contributed by atoms with E-state index in [1.807, 2.05) is 0 Å². The molecule has 0 aromatic heterocycles. The summed E-state index contributed by atoms with van der Waals surface area (Å²) in [5.74, 6) is -3.63. The van der Waals surface area contributed by atoms with Gasteiger partial charge in [-0.05, 0) is 6.85 Å². The Morgan fingerprint density at radius 1 is 2.00 bits per heavy atom. The van der Waals surface area contributed by atoms with Gasteiger partial charge in [0, 0.05) is 13.4 Å². The van der Waals surface area contributed by atoms with Gasteiger partial charge in [-0.3, -0.25) is 4.79 Å². The number of hydrogen-bond donors (Lipinski definition) is 2. The number of carboxylic acids is 1. The molecule has 0 aliphatic heterocycles. The Morgan fingerprint density at radius 2 is 2.62 bits per heavy atom. The molecule has 0 bridgehead atoms. The molecular weight excluding hydrogens is 110 g/mol. The van der Waals surface area contributed by atoms with Gasteiger partial charge in [-0.1, -0.05) is 0 Å². The Kier molecular flexibility index (Phi) is 0.770. The predicted molar refractivity (Wildman–Crippen MR) is 26.3 cm³/mol. The van der Waals surface area contributed by atoms with Gasteiger partial charge in [0.2, 0.25) is 0 Å². The van der Waals surface area contributed by atoms with Crippen molar-refractivity contribution in [1.82, 2.24) is 5.32 Å². The molecule has 0 saturated carbocycles. The number of hydrogen-bond acceptors (Lipinski definition) is 2. The molecule has 0 aromatic carbocycles. The summed E-state index contributed by atoms with van der Waals surface area (Å²) in [7, 11) is 0. The molecule has 0 radical (unpaired) electrons. The van der Waals surface area contributed by atoms with E-state index in [1.165, 1.54) is 5.32 Å². The van der Waals surface area contributed by atoms with E-state index >= 15 is 0 Å². The lowest BCUT2D eigenvalue weighted by atomic mass is 10.6. The monoisotopic (exact) mass is 122 g/mol. The average Bonchev–Trinajstić information content (AvgIpc) is 1.83. The van der Waals surface area contributed by atoms with E-state index < -0.39 is 25.2 Å². The van der Waals surface area contributed by atoms with Crippen LogP contribution in [0.5, 0.6) is 0 Å². The first-order valence-electron chi connectivity index (χ1n) is 4.13. The Balaban J connectivity index is 4.53. The molecule has 0 spiro atoms. The predicted octanol–water partition coefficient (Wildman–Crippen LogP) is -0.793. The second kappa shape index (κ2) is 3.01. The average molecular weight is 122 g/mol. The molecule has 1 amide bonds. The van der Waals surface area contributed by atoms with Crippen LogP contribution < -0.4 is 5.32 Å². The maximum Gasteiger partial charge on any atom is 0.394 e. The SMILES string of the molecule is [2H]C([2H])([2H])C([2H])([2H])NC(=O)C(=O)O. The minimum atomic E-state index is -3.10. The topological polar surface area (TPSA) is 66.4 Å². The van der Waals surface area contributed by atoms with Gasteiger partial charge in [0.1, 0.15) is 0 Å². The molecule has 8 heavy (non-hydrogen) atoms. The smallest absolute Gasteiger partial charge is 0.394 e. The Labute approximate surface area is 53.5 Å².